The summed E-state index contributed by atoms with van der Waals surface area (Å²) in [6, 6.07) is 6.99. The molecule has 2 N–H and O–H groups in total. The molecule has 1 rings (SSSR count). The molecule has 0 unspecified atom stereocenters. The Balaban J connectivity index is 2.83. The van der Waals surface area contributed by atoms with Crippen LogP contribution in [0.25, 0.3) is 0 Å². The quantitative estimate of drug-likeness (QED) is 0.779. The summed E-state index contributed by atoms with van der Waals surface area (Å²) in [6.45, 7) is 3.83. The molecule has 0 bridgehead atoms. The average molecular weight is 264 g/mol. The van der Waals surface area contributed by atoms with Gasteiger partial charge in [0.2, 0.25) is 5.91 Å². The van der Waals surface area contributed by atoms with Crippen LogP contribution >= 0.6 is 0 Å². The summed E-state index contributed by atoms with van der Waals surface area (Å²) in [4.78, 5) is 21.7. The predicted octanol–water partition coefficient (Wildman–Crippen LogP) is 0.573. The zero-order valence-electron chi connectivity index (χ0n) is 11.1. The fourth-order valence-electron chi connectivity index (χ4n) is 1.84. The van der Waals surface area contributed by atoms with Crippen molar-refractivity contribution in [2.45, 2.75) is 38.7 Å². The number of carbonyl (C=O) groups excluding carboxylic acids is 2. The molecule has 1 aromatic carbocycles. The van der Waals surface area contributed by atoms with Gasteiger partial charge < -0.3 is 20.4 Å². The van der Waals surface area contributed by atoms with Crippen LogP contribution in [0.3, 0.4) is 0 Å². The lowest BCUT2D eigenvalue weighted by molar-refractivity contribution is -0.306. The van der Waals surface area contributed by atoms with E-state index in [2.05, 4.69) is 0 Å². The number of hydrogen-bond acceptors (Lipinski definition) is 4. The number of rotatable bonds is 7. The first-order valence-electron chi connectivity index (χ1n) is 6.13. The van der Waals surface area contributed by atoms with Gasteiger partial charge in [0, 0.05) is 12.4 Å². The van der Waals surface area contributed by atoms with Gasteiger partial charge in [-0.3, -0.25) is 4.79 Å². The third-order valence-electron chi connectivity index (χ3n) is 2.58. The van der Waals surface area contributed by atoms with E-state index in [0.717, 1.165) is 5.56 Å². The normalized spacial score (nSPS) is 12.2. The Morgan fingerprint density at radius 3 is 2.21 bits per heavy atom. The number of hydrogen-bond donors (Lipinski definition) is 1. The Morgan fingerprint density at radius 2 is 1.79 bits per heavy atom. The van der Waals surface area contributed by atoms with Gasteiger partial charge in [-0.15, -0.1) is 0 Å². The maximum Gasteiger partial charge on any atom is 0.218 e. The summed E-state index contributed by atoms with van der Waals surface area (Å²) in [6.07, 6.45) is -0.179. The molecule has 0 aliphatic rings. The Labute approximate surface area is 112 Å². The molecule has 5 nitrogen and oxygen atoms in total. The van der Waals surface area contributed by atoms with E-state index in [1.807, 2.05) is 13.8 Å². The van der Waals surface area contributed by atoms with E-state index in [-0.39, 0.29) is 18.9 Å². The summed E-state index contributed by atoms with van der Waals surface area (Å²) in [5.74, 6) is -1.50. The highest BCUT2D eigenvalue weighted by molar-refractivity contribution is 5.76. The van der Waals surface area contributed by atoms with Gasteiger partial charge >= 0.3 is 0 Å². The minimum atomic E-state index is -1.20. The zero-order chi connectivity index (χ0) is 14.4. The molecular formula is C14H18NO4-. The van der Waals surface area contributed by atoms with Crippen LogP contribution in [-0.4, -0.2) is 18.0 Å². The molecule has 1 aromatic rings. The van der Waals surface area contributed by atoms with E-state index < -0.39 is 17.8 Å². The number of ether oxygens (including phenoxy) is 1. The van der Waals surface area contributed by atoms with Gasteiger partial charge in [0.05, 0.1) is 6.10 Å². The van der Waals surface area contributed by atoms with Crippen molar-refractivity contribution < 1.29 is 19.4 Å². The number of primary amides is 1. The smallest absolute Gasteiger partial charge is 0.218 e. The third kappa shape index (κ3) is 5.42. The standard InChI is InChI=1S/C14H19NO4/c1-9(2)19-12-5-3-10(4-6-12)11(7-13(15)16)8-14(17)18/h3-6,9,11H,7-8H2,1-2H3,(H2,15,16)(H,17,18)/p-1/t11-/m1/s1. The van der Waals surface area contributed by atoms with Crippen LogP contribution in [0.1, 0.15) is 38.2 Å². The maximum absolute atomic E-state index is 11.0. The first kappa shape index (κ1) is 15.0. The number of aliphatic carboxylic acids is 1. The summed E-state index contributed by atoms with van der Waals surface area (Å²) >= 11 is 0. The van der Waals surface area contributed by atoms with Gasteiger partial charge in [-0.2, -0.15) is 0 Å². The average Bonchev–Trinajstić information content (AvgIpc) is 2.27. The van der Waals surface area contributed by atoms with E-state index >= 15 is 0 Å². The summed E-state index contributed by atoms with van der Waals surface area (Å²) in [5.41, 5.74) is 5.86. The van der Waals surface area contributed by atoms with E-state index in [9.17, 15) is 14.7 Å². The van der Waals surface area contributed by atoms with Crippen molar-refractivity contribution in [3.8, 4) is 5.75 Å². The van der Waals surface area contributed by atoms with Crippen LogP contribution in [0.15, 0.2) is 24.3 Å². The van der Waals surface area contributed by atoms with Crippen LogP contribution in [0.4, 0.5) is 0 Å². The molecule has 104 valence electrons. The second-order valence-electron chi connectivity index (χ2n) is 4.68. The summed E-state index contributed by atoms with van der Waals surface area (Å²) < 4.78 is 5.49. The molecule has 0 aromatic heterocycles. The Hall–Kier alpha value is -2.04. The molecule has 0 heterocycles. The second kappa shape index (κ2) is 6.78. The van der Waals surface area contributed by atoms with Crippen molar-refractivity contribution in [2.75, 3.05) is 0 Å². The topological polar surface area (TPSA) is 92.5 Å². The second-order valence-corrected chi connectivity index (χ2v) is 4.68. The molecule has 1 amide bonds. The van der Waals surface area contributed by atoms with Gasteiger partial charge in [-0.25, -0.2) is 0 Å². The number of carbonyl (C=O) groups is 2. The van der Waals surface area contributed by atoms with E-state index in [4.69, 9.17) is 10.5 Å². The Bertz CT molecular complexity index is 423. The highest BCUT2D eigenvalue weighted by Gasteiger charge is 2.15. The van der Waals surface area contributed by atoms with Crippen molar-refractivity contribution in [1.29, 1.82) is 0 Å². The fourth-order valence-corrected chi connectivity index (χ4v) is 1.84. The molecule has 0 saturated carbocycles. The van der Waals surface area contributed by atoms with Gasteiger partial charge in [-0.1, -0.05) is 12.1 Å². The fraction of sp³-hybridized carbons (Fsp3) is 0.429. The van der Waals surface area contributed by atoms with Gasteiger partial charge in [0.15, 0.2) is 0 Å². The lowest BCUT2D eigenvalue weighted by atomic mass is 9.92. The molecule has 19 heavy (non-hydrogen) atoms. The lowest BCUT2D eigenvalue weighted by Gasteiger charge is -2.17. The molecular weight excluding hydrogens is 246 g/mol. The number of carboxylic acids is 1. The maximum atomic E-state index is 11.0. The van der Waals surface area contributed by atoms with E-state index in [1.165, 1.54) is 0 Å². The minimum absolute atomic E-state index is 0.0155. The molecule has 5 heteroatoms. The molecule has 0 aliphatic heterocycles. The van der Waals surface area contributed by atoms with Crippen molar-refractivity contribution in [1.82, 2.24) is 0 Å². The van der Waals surface area contributed by atoms with E-state index in [0.29, 0.717) is 5.75 Å². The zero-order valence-corrected chi connectivity index (χ0v) is 11.1. The summed E-state index contributed by atoms with van der Waals surface area (Å²) in [7, 11) is 0. The molecule has 0 fully saturated rings. The van der Waals surface area contributed by atoms with Gasteiger partial charge in [0.1, 0.15) is 5.75 Å². The summed E-state index contributed by atoms with van der Waals surface area (Å²) in [5, 5.41) is 10.7. The molecule has 0 saturated heterocycles. The molecule has 1 atom stereocenters. The van der Waals surface area contributed by atoms with Crippen molar-refractivity contribution >= 4 is 11.9 Å². The van der Waals surface area contributed by atoms with Gasteiger partial charge in [-0.05, 0) is 43.9 Å². The monoisotopic (exact) mass is 264 g/mol. The minimum Gasteiger partial charge on any atom is -0.550 e. The SMILES string of the molecule is CC(C)Oc1ccc([C@H](CC(N)=O)CC(=O)[O-])cc1. The Morgan fingerprint density at radius 1 is 1.21 bits per heavy atom. The highest BCUT2D eigenvalue weighted by atomic mass is 16.5. The first-order chi connectivity index (χ1) is 8.88. The van der Waals surface area contributed by atoms with Crippen LogP contribution in [-0.2, 0) is 9.59 Å². The van der Waals surface area contributed by atoms with Crippen LogP contribution in [0.2, 0.25) is 0 Å². The largest absolute Gasteiger partial charge is 0.550 e. The third-order valence-corrected chi connectivity index (χ3v) is 2.58. The molecule has 0 aliphatic carbocycles. The number of amides is 1. The van der Waals surface area contributed by atoms with Gasteiger partial charge in [0.25, 0.3) is 0 Å². The Kier molecular flexibility index (Phi) is 5.36. The molecule has 0 spiro atoms. The first-order valence-corrected chi connectivity index (χ1v) is 6.13. The van der Waals surface area contributed by atoms with Crippen LogP contribution < -0.4 is 15.6 Å². The number of benzene rings is 1. The van der Waals surface area contributed by atoms with E-state index in [1.54, 1.807) is 24.3 Å². The van der Waals surface area contributed by atoms with Crippen molar-refractivity contribution in [3.63, 3.8) is 0 Å². The molecule has 0 radical (unpaired) electrons. The number of nitrogens with two attached hydrogens (primary N) is 1. The van der Waals surface area contributed by atoms with Crippen molar-refractivity contribution in [2.24, 2.45) is 5.73 Å². The van der Waals surface area contributed by atoms with Crippen LogP contribution in [0.5, 0.6) is 5.75 Å². The lowest BCUT2D eigenvalue weighted by Crippen LogP contribution is -2.26. The highest BCUT2D eigenvalue weighted by Crippen LogP contribution is 2.25. The number of carboxylic acid groups (broad SMARTS) is 1. The van der Waals surface area contributed by atoms with Crippen LogP contribution in [0, 0.1) is 0 Å². The predicted molar refractivity (Wildman–Crippen MR) is 68.4 cm³/mol. The van der Waals surface area contributed by atoms with Crippen molar-refractivity contribution in [3.05, 3.63) is 29.8 Å².